The standard InChI is InChI=1S/C19H18N2O2S/c1-13-17(15-8-4-3-5-9-15)24-19(20-13)21-18(22)16-10-6-7-14(11-16)12-23-2/h3-11H,12H2,1-2H3,(H,20,21,22). The van der Waals surface area contributed by atoms with Gasteiger partial charge < -0.3 is 4.74 Å². The molecular weight excluding hydrogens is 320 g/mol. The van der Waals surface area contributed by atoms with Gasteiger partial charge in [0.15, 0.2) is 5.13 Å². The van der Waals surface area contributed by atoms with Crippen molar-refractivity contribution in [2.45, 2.75) is 13.5 Å². The predicted molar refractivity (Wildman–Crippen MR) is 97.4 cm³/mol. The third-order valence-electron chi connectivity index (χ3n) is 3.55. The van der Waals surface area contributed by atoms with Crippen LogP contribution in [0.4, 0.5) is 5.13 Å². The highest BCUT2D eigenvalue weighted by molar-refractivity contribution is 7.19. The fourth-order valence-corrected chi connectivity index (χ4v) is 3.41. The van der Waals surface area contributed by atoms with E-state index in [0.29, 0.717) is 17.3 Å². The molecule has 0 aliphatic heterocycles. The van der Waals surface area contributed by atoms with E-state index in [1.54, 1.807) is 13.2 Å². The Bertz CT molecular complexity index is 844. The molecule has 4 nitrogen and oxygen atoms in total. The topological polar surface area (TPSA) is 51.2 Å². The summed E-state index contributed by atoms with van der Waals surface area (Å²) >= 11 is 1.48. The van der Waals surface area contributed by atoms with E-state index >= 15 is 0 Å². The van der Waals surface area contributed by atoms with Crippen molar-refractivity contribution in [3.8, 4) is 10.4 Å². The molecule has 0 radical (unpaired) electrons. The Morgan fingerprint density at radius 2 is 1.96 bits per heavy atom. The Balaban J connectivity index is 1.79. The number of amides is 1. The smallest absolute Gasteiger partial charge is 0.257 e. The van der Waals surface area contributed by atoms with Crippen molar-refractivity contribution >= 4 is 22.4 Å². The molecule has 0 spiro atoms. The second kappa shape index (κ2) is 7.38. The molecule has 0 saturated heterocycles. The van der Waals surface area contributed by atoms with Crippen molar-refractivity contribution < 1.29 is 9.53 Å². The van der Waals surface area contributed by atoms with Gasteiger partial charge in [-0.3, -0.25) is 10.1 Å². The molecule has 1 N–H and O–H groups in total. The first-order valence-corrected chi connectivity index (χ1v) is 8.41. The van der Waals surface area contributed by atoms with Gasteiger partial charge in [-0.25, -0.2) is 4.98 Å². The lowest BCUT2D eigenvalue weighted by atomic mass is 10.1. The van der Waals surface area contributed by atoms with Gasteiger partial charge in [-0.15, -0.1) is 0 Å². The number of nitrogens with one attached hydrogen (secondary N) is 1. The molecule has 0 unspecified atom stereocenters. The Kier molecular flexibility index (Phi) is 5.03. The maximum Gasteiger partial charge on any atom is 0.257 e. The molecule has 2 aromatic carbocycles. The van der Waals surface area contributed by atoms with E-state index in [9.17, 15) is 4.79 Å². The van der Waals surface area contributed by atoms with E-state index in [1.165, 1.54) is 11.3 Å². The highest BCUT2D eigenvalue weighted by Gasteiger charge is 2.13. The largest absolute Gasteiger partial charge is 0.380 e. The van der Waals surface area contributed by atoms with Gasteiger partial charge in [0.1, 0.15) is 0 Å². The number of aromatic nitrogens is 1. The van der Waals surface area contributed by atoms with Crippen molar-refractivity contribution in [1.82, 2.24) is 4.98 Å². The zero-order chi connectivity index (χ0) is 16.9. The van der Waals surface area contributed by atoms with Crippen molar-refractivity contribution in [2.24, 2.45) is 0 Å². The number of anilines is 1. The van der Waals surface area contributed by atoms with E-state index in [-0.39, 0.29) is 5.91 Å². The van der Waals surface area contributed by atoms with Gasteiger partial charge in [0.25, 0.3) is 5.91 Å². The lowest BCUT2D eigenvalue weighted by molar-refractivity contribution is 0.102. The molecule has 0 aliphatic carbocycles. The summed E-state index contributed by atoms with van der Waals surface area (Å²) in [5.74, 6) is -0.165. The molecule has 3 aromatic rings. The maximum atomic E-state index is 12.4. The Morgan fingerprint density at radius 1 is 1.17 bits per heavy atom. The van der Waals surface area contributed by atoms with Gasteiger partial charge in [0.05, 0.1) is 17.2 Å². The highest BCUT2D eigenvalue weighted by Crippen LogP contribution is 2.32. The monoisotopic (exact) mass is 338 g/mol. The SMILES string of the molecule is COCc1cccc(C(=O)Nc2nc(C)c(-c3ccccc3)s2)c1. The number of carbonyl (C=O) groups is 1. The minimum absolute atomic E-state index is 0.165. The molecule has 122 valence electrons. The van der Waals surface area contributed by atoms with E-state index in [4.69, 9.17) is 4.74 Å². The van der Waals surface area contributed by atoms with Crippen LogP contribution in [0.3, 0.4) is 0 Å². The van der Waals surface area contributed by atoms with Crippen LogP contribution in [0.5, 0.6) is 0 Å². The quantitative estimate of drug-likeness (QED) is 0.744. The molecular formula is C19H18N2O2S. The van der Waals surface area contributed by atoms with E-state index in [0.717, 1.165) is 21.7 Å². The molecule has 1 amide bonds. The summed E-state index contributed by atoms with van der Waals surface area (Å²) in [5, 5.41) is 3.49. The number of methoxy groups -OCH3 is 1. The molecule has 0 bridgehead atoms. The summed E-state index contributed by atoms with van der Waals surface area (Å²) < 4.78 is 5.11. The number of benzene rings is 2. The summed E-state index contributed by atoms with van der Waals surface area (Å²) in [5.41, 5.74) is 3.58. The lowest BCUT2D eigenvalue weighted by Gasteiger charge is -2.04. The lowest BCUT2D eigenvalue weighted by Crippen LogP contribution is -2.12. The van der Waals surface area contributed by atoms with Gasteiger partial charge in [-0.1, -0.05) is 53.8 Å². The van der Waals surface area contributed by atoms with Crippen molar-refractivity contribution in [3.05, 3.63) is 71.4 Å². The van der Waals surface area contributed by atoms with Crippen LogP contribution in [-0.4, -0.2) is 18.0 Å². The van der Waals surface area contributed by atoms with Crippen LogP contribution in [0, 0.1) is 6.92 Å². The maximum absolute atomic E-state index is 12.4. The van der Waals surface area contributed by atoms with Gasteiger partial charge in [0, 0.05) is 12.7 Å². The normalized spacial score (nSPS) is 10.6. The van der Waals surface area contributed by atoms with Crippen molar-refractivity contribution in [2.75, 3.05) is 12.4 Å². The van der Waals surface area contributed by atoms with Gasteiger partial charge in [-0.05, 0) is 30.2 Å². The van der Waals surface area contributed by atoms with E-state index in [2.05, 4.69) is 10.3 Å². The van der Waals surface area contributed by atoms with Crippen LogP contribution in [-0.2, 0) is 11.3 Å². The first-order chi connectivity index (χ1) is 11.7. The first kappa shape index (κ1) is 16.4. The fourth-order valence-electron chi connectivity index (χ4n) is 2.45. The average Bonchev–Trinajstić information content (AvgIpc) is 2.96. The van der Waals surface area contributed by atoms with Crippen LogP contribution in [0.25, 0.3) is 10.4 Å². The number of thiazole rings is 1. The summed E-state index contributed by atoms with van der Waals surface area (Å²) in [6.07, 6.45) is 0. The number of aryl methyl sites for hydroxylation is 1. The van der Waals surface area contributed by atoms with Gasteiger partial charge in [-0.2, -0.15) is 0 Å². The molecule has 3 rings (SSSR count). The molecule has 0 fully saturated rings. The molecule has 0 aliphatic rings. The number of rotatable bonds is 5. The molecule has 24 heavy (non-hydrogen) atoms. The molecule has 1 aromatic heterocycles. The number of hydrogen-bond acceptors (Lipinski definition) is 4. The molecule has 0 atom stereocenters. The summed E-state index contributed by atoms with van der Waals surface area (Å²) in [7, 11) is 1.64. The molecule has 5 heteroatoms. The van der Waals surface area contributed by atoms with E-state index < -0.39 is 0 Å². The first-order valence-electron chi connectivity index (χ1n) is 7.59. The van der Waals surface area contributed by atoms with Crippen LogP contribution in [0.2, 0.25) is 0 Å². The zero-order valence-electron chi connectivity index (χ0n) is 13.6. The highest BCUT2D eigenvalue weighted by atomic mass is 32.1. The predicted octanol–water partition coefficient (Wildman–Crippen LogP) is 4.52. The van der Waals surface area contributed by atoms with Gasteiger partial charge >= 0.3 is 0 Å². The Morgan fingerprint density at radius 3 is 2.71 bits per heavy atom. The fraction of sp³-hybridized carbons (Fsp3) is 0.158. The van der Waals surface area contributed by atoms with Crippen molar-refractivity contribution in [1.29, 1.82) is 0 Å². The zero-order valence-corrected chi connectivity index (χ0v) is 14.4. The average molecular weight is 338 g/mol. The Labute approximate surface area is 145 Å². The summed E-state index contributed by atoms with van der Waals surface area (Å²) in [4.78, 5) is 18.0. The van der Waals surface area contributed by atoms with Crippen LogP contribution in [0.15, 0.2) is 54.6 Å². The summed E-state index contributed by atoms with van der Waals surface area (Å²) in [6.45, 7) is 2.43. The van der Waals surface area contributed by atoms with E-state index in [1.807, 2.05) is 55.5 Å². The minimum atomic E-state index is -0.165. The van der Waals surface area contributed by atoms with Crippen LogP contribution in [0.1, 0.15) is 21.6 Å². The van der Waals surface area contributed by atoms with Crippen molar-refractivity contribution in [3.63, 3.8) is 0 Å². The number of carbonyl (C=O) groups excluding carboxylic acids is 1. The Hall–Kier alpha value is -2.50. The van der Waals surface area contributed by atoms with Crippen LogP contribution >= 0.6 is 11.3 Å². The molecule has 0 saturated carbocycles. The third kappa shape index (κ3) is 3.69. The number of nitrogens with zero attached hydrogens (tertiary/aromatic N) is 1. The molecule has 1 heterocycles. The third-order valence-corrected chi connectivity index (χ3v) is 4.68. The number of hydrogen-bond donors (Lipinski definition) is 1. The van der Waals surface area contributed by atoms with Crippen LogP contribution < -0.4 is 5.32 Å². The number of ether oxygens (including phenoxy) is 1. The second-order valence-corrected chi connectivity index (χ2v) is 6.39. The second-order valence-electron chi connectivity index (χ2n) is 5.39. The summed E-state index contributed by atoms with van der Waals surface area (Å²) in [6, 6.07) is 17.5. The minimum Gasteiger partial charge on any atom is -0.380 e. The van der Waals surface area contributed by atoms with Gasteiger partial charge in [0.2, 0.25) is 0 Å².